The van der Waals surface area contributed by atoms with Crippen molar-refractivity contribution in [3.8, 4) is 0 Å². The van der Waals surface area contributed by atoms with Crippen LogP contribution in [0.3, 0.4) is 0 Å². The van der Waals surface area contributed by atoms with E-state index in [1.54, 1.807) is 30.3 Å². The van der Waals surface area contributed by atoms with Crippen molar-refractivity contribution in [2.24, 2.45) is 5.73 Å². The number of amidine groups is 1. The van der Waals surface area contributed by atoms with Gasteiger partial charge in [-0.15, -0.1) is 0 Å². The van der Waals surface area contributed by atoms with Crippen molar-refractivity contribution < 1.29 is 19.8 Å². The quantitative estimate of drug-likeness (QED) is 0.194. The van der Waals surface area contributed by atoms with Crippen LogP contribution in [0.1, 0.15) is 12.0 Å². The summed E-state index contributed by atoms with van der Waals surface area (Å²) in [6.45, 7) is -0.391. The molecule has 0 radical (unpaired) electrons. The molecule has 31 heavy (non-hydrogen) atoms. The third kappa shape index (κ3) is 5.15. The number of nitrogens with two attached hydrogens (primary N) is 1. The summed E-state index contributed by atoms with van der Waals surface area (Å²) in [5, 5.41) is 29.4. The zero-order valence-corrected chi connectivity index (χ0v) is 16.4. The largest absolute Gasteiger partial charge is 0.395 e. The van der Waals surface area contributed by atoms with Crippen molar-refractivity contribution in [1.29, 1.82) is 5.41 Å². The van der Waals surface area contributed by atoms with E-state index in [1.165, 1.54) is 17.0 Å². The first-order valence-corrected chi connectivity index (χ1v) is 9.35. The van der Waals surface area contributed by atoms with Crippen molar-refractivity contribution in [2.45, 2.75) is 12.5 Å². The van der Waals surface area contributed by atoms with Gasteiger partial charge in [0.05, 0.1) is 24.1 Å². The Bertz CT molecular complexity index is 1170. The van der Waals surface area contributed by atoms with Crippen LogP contribution in [0, 0.1) is 5.41 Å². The number of nitrogen functional groups attached to an aromatic ring is 1. The summed E-state index contributed by atoms with van der Waals surface area (Å²) in [5.74, 6) is -1.48. The second-order valence-corrected chi connectivity index (χ2v) is 6.78. The standard InChI is InChI=1S/C20H22N6O5/c21-18(22)11-1-3-12(4-2-11)23-19(30)16(28)10-17(29)26(7-8-27)13-5-6-14-15(9-13)25-20(31)24-14/h1-6,9,16,27-28H,7-8,10H2,(H3,21,22)(H,23,30)(H2,24,25,31). The first-order valence-electron chi connectivity index (χ1n) is 9.35. The van der Waals surface area contributed by atoms with Crippen molar-refractivity contribution in [3.05, 3.63) is 58.5 Å². The van der Waals surface area contributed by atoms with Gasteiger partial charge in [0.2, 0.25) is 5.91 Å². The minimum absolute atomic E-state index is 0.0557. The van der Waals surface area contributed by atoms with E-state index >= 15 is 0 Å². The Balaban J connectivity index is 1.69. The van der Waals surface area contributed by atoms with Crippen molar-refractivity contribution in [1.82, 2.24) is 9.97 Å². The topological polar surface area (TPSA) is 188 Å². The molecule has 1 heterocycles. The number of H-pyrrole nitrogens is 2. The van der Waals surface area contributed by atoms with Gasteiger partial charge in [0, 0.05) is 23.5 Å². The molecule has 0 spiro atoms. The molecule has 1 unspecified atom stereocenters. The van der Waals surface area contributed by atoms with E-state index in [0.717, 1.165) is 0 Å². The number of imidazole rings is 1. The van der Waals surface area contributed by atoms with E-state index in [4.69, 9.17) is 11.1 Å². The molecule has 162 valence electrons. The summed E-state index contributed by atoms with van der Waals surface area (Å²) in [6, 6.07) is 10.9. The predicted octanol–water partition coefficient (Wildman–Crippen LogP) is -0.145. The molecule has 11 heteroatoms. The molecule has 0 saturated heterocycles. The number of rotatable bonds is 8. The van der Waals surface area contributed by atoms with Gasteiger partial charge in [0.15, 0.2) is 0 Å². The van der Waals surface area contributed by atoms with E-state index < -0.39 is 30.0 Å². The smallest absolute Gasteiger partial charge is 0.323 e. The third-order valence-electron chi connectivity index (χ3n) is 4.57. The number of benzene rings is 2. The lowest BCUT2D eigenvalue weighted by molar-refractivity contribution is -0.129. The highest BCUT2D eigenvalue weighted by atomic mass is 16.3. The van der Waals surface area contributed by atoms with Gasteiger partial charge >= 0.3 is 5.69 Å². The Kier molecular flexibility index (Phi) is 6.48. The maximum absolute atomic E-state index is 12.7. The highest BCUT2D eigenvalue weighted by Gasteiger charge is 2.24. The lowest BCUT2D eigenvalue weighted by Gasteiger charge is -2.23. The molecule has 8 N–H and O–H groups in total. The zero-order chi connectivity index (χ0) is 22.5. The van der Waals surface area contributed by atoms with Crippen molar-refractivity contribution in [2.75, 3.05) is 23.4 Å². The number of nitrogens with one attached hydrogen (secondary N) is 4. The molecular formula is C20H22N6O5. The molecule has 1 aromatic heterocycles. The van der Waals surface area contributed by atoms with Crippen LogP contribution in [0.25, 0.3) is 11.0 Å². The number of fused-ring (bicyclic) bond motifs is 1. The van der Waals surface area contributed by atoms with E-state index in [0.29, 0.717) is 28.0 Å². The van der Waals surface area contributed by atoms with Gasteiger partial charge in [0.1, 0.15) is 11.9 Å². The van der Waals surface area contributed by atoms with E-state index in [9.17, 15) is 24.6 Å². The fourth-order valence-corrected chi connectivity index (χ4v) is 3.01. The summed E-state index contributed by atoms with van der Waals surface area (Å²) < 4.78 is 0. The lowest BCUT2D eigenvalue weighted by atomic mass is 10.1. The highest BCUT2D eigenvalue weighted by Crippen LogP contribution is 2.20. The minimum Gasteiger partial charge on any atom is -0.395 e. The van der Waals surface area contributed by atoms with Crippen LogP contribution in [-0.2, 0) is 9.59 Å². The Hall–Kier alpha value is -3.96. The molecule has 0 saturated carbocycles. The van der Waals surface area contributed by atoms with Crippen LogP contribution in [0.2, 0.25) is 0 Å². The SMILES string of the molecule is N=C(N)c1ccc(NC(=O)C(O)CC(=O)N(CCO)c2ccc3[nH]c(=O)[nH]c3c2)cc1. The minimum atomic E-state index is -1.63. The van der Waals surface area contributed by atoms with Crippen molar-refractivity contribution >= 4 is 40.1 Å². The summed E-state index contributed by atoms with van der Waals surface area (Å²) >= 11 is 0. The van der Waals surface area contributed by atoms with Crippen LogP contribution in [0.4, 0.5) is 11.4 Å². The number of aliphatic hydroxyl groups is 2. The lowest BCUT2D eigenvalue weighted by Crippen LogP contribution is -2.39. The molecule has 0 aliphatic carbocycles. The summed E-state index contributed by atoms with van der Waals surface area (Å²) in [5.41, 5.74) is 7.27. The van der Waals surface area contributed by atoms with Gasteiger partial charge in [-0.3, -0.25) is 15.0 Å². The molecule has 0 aliphatic rings. The van der Waals surface area contributed by atoms with Gasteiger partial charge < -0.3 is 36.1 Å². The number of amides is 2. The van der Waals surface area contributed by atoms with E-state index in [2.05, 4.69) is 15.3 Å². The molecule has 0 fully saturated rings. The van der Waals surface area contributed by atoms with Gasteiger partial charge in [-0.1, -0.05) is 0 Å². The molecule has 2 aromatic carbocycles. The Morgan fingerprint density at radius 1 is 1.13 bits per heavy atom. The molecule has 0 bridgehead atoms. The Morgan fingerprint density at radius 3 is 2.45 bits per heavy atom. The normalized spacial score (nSPS) is 11.8. The van der Waals surface area contributed by atoms with Crippen molar-refractivity contribution in [3.63, 3.8) is 0 Å². The van der Waals surface area contributed by atoms with Crippen LogP contribution >= 0.6 is 0 Å². The Morgan fingerprint density at radius 2 is 1.81 bits per heavy atom. The van der Waals surface area contributed by atoms with E-state index in [1.807, 2.05) is 0 Å². The predicted molar refractivity (Wildman–Crippen MR) is 115 cm³/mol. The van der Waals surface area contributed by atoms with Gasteiger partial charge in [0.25, 0.3) is 5.91 Å². The number of aromatic nitrogens is 2. The number of hydrogen-bond acceptors (Lipinski definition) is 6. The van der Waals surface area contributed by atoms with Crippen LogP contribution in [0.15, 0.2) is 47.3 Å². The Labute approximate surface area is 176 Å². The summed E-state index contributed by atoms with van der Waals surface area (Å²) in [7, 11) is 0. The third-order valence-corrected chi connectivity index (χ3v) is 4.57. The first-order chi connectivity index (χ1) is 14.8. The maximum atomic E-state index is 12.7. The molecular weight excluding hydrogens is 404 g/mol. The average molecular weight is 426 g/mol. The number of carbonyl (C=O) groups is 2. The number of hydrogen-bond donors (Lipinski definition) is 7. The molecule has 0 aliphatic heterocycles. The average Bonchev–Trinajstić information content (AvgIpc) is 3.11. The fraction of sp³-hybridized carbons (Fsp3) is 0.200. The molecule has 3 rings (SSSR count). The fourth-order valence-electron chi connectivity index (χ4n) is 3.01. The van der Waals surface area contributed by atoms with Gasteiger partial charge in [-0.05, 0) is 42.5 Å². The van der Waals surface area contributed by atoms with Gasteiger partial charge in [-0.25, -0.2) is 4.79 Å². The number of anilines is 2. The molecule has 1 atom stereocenters. The summed E-state index contributed by atoms with van der Waals surface area (Å²) in [4.78, 5) is 42.8. The van der Waals surface area contributed by atoms with Gasteiger partial charge in [-0.2, -0.15) is 0 Å². The summed E-state index contributed by atoms with van der Waals surface area (Å²) in [6.07, 6.45) is -2.14. The monoisotopic (exact) mass is 426 g/mol. The molecule has 2 amide bonds. The second kappa shape index (κ2) is 9.24. The van der Waals surface area contributed by atoms with Crippen LogP contribution in [0.5, 0.6) is 0 Å². The first kappa shape index (κ1) is 21.7. The highest BCUT2D eigenvalue weighted by molar-refractivity contribution is 6.01. The van der Waals surface area contributed by atoms with E-state index in [-0.39, 0.29) is 19.0 Å². The number of nitrogens with zero attached hydrogens (tertiary/aromatic N) is 1. The molecule has 3 aromatic rings. The zero-order valence-electron chi connectivity index (χ0n) is 16.4. The van der Waals surface area contributed by atoms with Crippen LogP contribution < -0.4 is 21.6 Å². The maximum Gasteiger partial charge on any atom is 0.323 e. The second-order valence-electron chi connectivity index (χ2n) is 6.78. The number of carbonyl (C=O) groups excluding carboxylic acids is 2. The number of aromatic amines is 2. The van der Waals surface area contributed by atoms with Crippen LogP contribution in [-0.4, -0.2) is 57.1 Å². The number of aliphatic hydroxyl groups excluding tert-OH is 2. The molecule has 11 nitrogen and oxygen atoms in total.